The first kappa shape index (κ1) is 10.5. The Morgan fingerprint density at radius 3 is 2.08 bits per heavy atom. The summed E-state index contributed by atoms with van der Waals surface area (Å²) < 4.78 is 0. The monoisotopic (exact) mass is 182 g/mol. The molecule has 1 rings (SSSR count). The van der Waals surface area contributed by atoms with Crippen LogP contribution in [-0.2, 0) is 6.42 Å². The zero-order chi connectivity index (χ0) is 9.52. The molecule has 0 aliphatic carbocycles. The van der Waals surface area contributed by atoms with E-state index in [0.29, 0.717) is 6.61 Å². The zero-order valence-corrected chi connectivity index (χ0v) is 8.09. The van der Waals surface area contributed by atoms with Crippen molar-refractivity contribution in [1.29, 1.82) is 0 Å². The van der Waals surface area contributed by atoms with Gasteiger partial charge in [-0.05, 0) is 25.3 Å². The lowest BCUT2D eigenvalue weighted by Gasteiger charge is -1.98. The quantitative estimate of drug-likeness (QED) is 0.622. The molecular formula is C11H18O2. The van der Waals surface area contributed by atoms with E-state index in [2.05, 4.69) is 0 Å². The minimum Gasteiger partial charge on any atom is -0.396 e. The van der Waals surface area contributed by atoms with E-state index in [4.69, 9.17) is 5.11 Å². The van der Waals surface area contributed by atoms with Crippen molar-refractivity contribution in [3.05, 3.63) is 21.9 Å². The van der Waals surface area contributed by atoms with E-state index in [1.807, 2.05) is 0 Å². The maximum atomic E-state index is 10.6. The van der Waals surface area contributed by atoms with Crippen molar-refractivity contribution in [2.45, 2.75) is 44.9 Å². The fraction of sp³-hybridized carbons (Fsp3) is 0.727. The number of aryl methyl sites for hydroxylation is 1. The largest absolute Gasteiger partial charge is 0.396 e. The molecular weight excluding hydrogens is 164 g/mol. The Hall–Kier alpha value is -0.630. The van der Waals surface area contributed by atoms with E-state index in [0.717, 1.165) is 31.2 Å². The summed E-state index contributed by atoms with van der Waals surface area (Å²) in [6.07, 6.45) is 7.88. The van der Waals surface area contributed by atoms with Crippen LogP contribution in [-0.4, -0.2) is 11.7 Å². The fourth-order valence-corrected chi connectivity index (χ4v) is 1.45. The Morgan fingerprint density at radius 2 is 1.54 bits per heavy atom. The summed E-state index contributed by atoms with van der Waals surface area (Å²) in [6.45, 7) is 0.321. The molecule has 1 N–H and O–H groups in total. The topological polar surface area (TPSA) is 37.3 Å². The van der Waals surface area contributed by atoms with Gasteiger partial charge < -0.3 is 5.11 Å². The molecule has 0 saturated carbocycles. The van der Waals surface area contributed by atoms with Crippen LogP contribution in [0.1, 0.15) is 44.1 Å². The van der Waals surface area contributed by atoms with Gasteiger partial charge in [0.1, 0.15) is 0 Å². The summed E-state index contributed by atoms with van der Waals surface area (Å²) in [5.74, 6) is 0. The van der Waals surface area contributed by atoms with Crippen LogP contribution in [0.25, 0.3) is 0 Å². The van der Waals surface area contributed by atoms with Crippen LogP contribution < -0.4 is 5.43 Å². The van der Waals surface area contributed by atoms with Gasteiger partial charge in [0.2, 0.25) is 0 Å². The third-order valence-corrected chi connectivity index (χ3v) is 2.39. The van der Waals surface area contributed by atoms with E-state index in [1.165, 1.54) is 19.3 Å². The number of rotatable bonds is 8. The van der Waals surface area contributed by atoms with E-state index in [1.54, 1.807) is 6.07 Å². The SMILES string of the molecule is O=c1cc1CCCCCCCCO. The summed E-state index contributed by atoms with van der Waals surface area (Å²) in [5.41, 5.74) is 1.30. The number of aliphatic hydroxyl groups is 1. The van der Waals surface area contributed by atoms with Crippen LogP contribution in [0.5, 0.6) is 0 Å². The van der Waals surface area contributed by atoms with Gasteiger partial charge in [-0.2, -0.15) is 0 Å². The fourth-order valence-electron chi connectivity index (χ4n) is 1.45. The molecule has 0 fully saturated rings. The van der Waals surface area contributed by atoms with Gasteiger partial charge in [0.15, 0.2) is 5.43 Å². The maximum Gasteiger partial charge on any atom is 0.182 e. The predicted octanol–water partition coefficient (Wildman–Crippen LogP) is 1.80. The molecule has 0 bridgehead atoms. The summed E-state index contributed by atoms with van der Waals surface area (Å²) in [7, 11) is 0. The molecule has 1 aromatic carbocycles. The van der Waals surface area contributed by atoms with Crippen LogP contribution in [0.2, 0.25) is 0 Å². The molecule has 74 valence electrons. The first-order chi connectivity index (χ1) is 6.34. The highest BCUT2D eigenvalue weighted by atomic mass is 16.2. The van der Waals surface area contributed by atoms with Gasteiger partial charge in [-0.3, -0.25) is 4.79 Å². The Bertz CT molecular complexity index is 233. The van der Waals surface area contributed by atoms with Crippen molar-refractivity contribution in [2.24, 2.45) is 0 Å². The molecule has 0 radical (unpaired) electrons. The summed E-state index contributed by atoms with van der Waals surface area (Å²) in [6, 6.07) is 1.73. The zero-order valence-electron chi connectivity index (χ0n) is 8.09. The Morgan fingerprint density at radius 1 is 1.00 bits per heavy atom. The number of aliphatic hydroxyl groups excluding tert-OH is 1. The highest BCUT2D eigenvalue weighted by Gasteiger charge is 2.05. The minimum atomic E-state index is 0.264. The molecule has 0 aromatic heterocycles. The van der Waals surface area contributed by atoms with Gasteiger partial charge in [-0.25, -0.2) is 0 Å². The van der Waals surface area contributed by atoms with Crippen LogP contribution >= 0.6 is 0 Å². The second-order valence-corrected chi connectivity index (χ2v) is 3.63. The highest BCUT2D eigenvalue weighted by molar-refractivity contribution is 5.22. The smallest absolute Gasteiger partial charge is 0.182 e. The number of hydrogen-bond acceptors (Lipinski definition) is 2. The molecule has 0 spiro atoms. The highest BCUT2D eigenvalue weighted by Crippen LogP contribution is 2.08. The predicted molar refractivity (Wildman–Crippen MR) is 53.6 cm³/mol. The molecule has 0 aliphatic heterocycles. The molecule has 0 aliphatic rings. The van der Waals surface area contributed by atoms with Crippen molar-refractivity contribution in [3.8, 4) is 0 Å². The third kappa shape index (κ3) is 4.83. The van der Waals surface area contributed by atoms with E-state index >= 15 is 0 Å². The van der Waals surface area contributed by atoms with Gasteiger partial charge >= 0.3 is 0 Å². The van der Waals surface area contributed by atoms with Crippen LogP contribution in [0.15, 0.2) is 10.9 Å². The lowest BCUT2D eigenvalue weighted by atomic mass is 10.1. The second kappa shape index (κ2) is 5.92. The molecule has 0 unspecified atom stereocenters. The summed E-state index contributed by atoms with van der Waals surface area (Å²) >= 11 is 0. The van der Waals surface area contributed by atoms with Gasteiger partial charge in [0, 0.05) is 12.2 Å². The molecule has 2 heteroatoms. The van der Waals surface area contributed by atoms with Gasteiger partial charge in [0.05, 0.1) is 0 Å². The normalized spacial score (nSPS) is 11.2. The first-order valence-electron chi connectivity index (χ1n) is 5.20. The third-order valence-electron chi connectivity index (χ3n) is 2.39. The van der Waals surface area contributed by atoms with Crippen LogP contribution in [0.4, 0.5) is 0 Å². The maximum absolute atomic E-state index is 10.6. The second-order valence-electron chi connectivity index (χ2n) is 3.63. The number of unbranched alkanes of at least 4 members (excludes halogenated alkanes) is 5. The average Bonchev–Trinajstić information content (AvgIpc) is 2.81. The van der Waals surface area contributed by atoms with Crippen LogP contribution in [0.3, 0.4) is 0 Å². The summed E-state index contributed by atoms with van der Waals surface area (Å²) in [4.78, 5) is 10.6. The average molecular weight is 182 g/mol. The van der Waals surface area contributed by atoms with Gasteiger partial charge in [-0.1, -0.05) is 25.7 Å². The lowest BCUT2D eigenvalue weighted by molar-refractivity contribution is 0.282. The molecule has 0 heterocycles. The Labute approximate surface area is 79.3 Å². The van der Waals surface area contributed by atoms with Crippen molar-refractivity contribution in [2.75, 3.05) is 6.61 Å². The molecule has 1 aromatic rings. The van der Waals surface area contributed by atoms with Crippen molar-refractivity contribution >= 4 is 0 Å². The van der Waals surface area contributed by atoms with Crippen LogP contribution in [0, 0.1) is 0 Å². The Kier molecular flexibility index (Phi) is 4.76. The molecule has 13 heavy (non-hydrogen) atoms. The first-order valence-corrected chi connectivity index (χ1v) is 5.20. The summed E-state index contributed by atoms with van der Waals surface area (Å²) in [5, 5.41) is 8.53. The molecule has 0 atom stereocenters. The number of hydrogen-bond donors (Lipinski definition) is 1. The molecule has 2 nitrogen and oxygen atoms in total. The minimum absolute atomic E-state index is 0.264. The standard InChI is InChI=1S/C11H18O2/c12-8-6-4-2-1-3-5-7-10-9-11(10)13/h9,12H,1-8H2. The van der Waals surface area contributed by atoms with Gasteiger partial charge in [-0.15, -0.1) is 0 Å². The lowest BCUT2D eigenvalue weighted by Crippen LogP contribution is -1.86. The molecule has 0 amide bonds. The van der Waals surface area contributed by atoms with Crippen molar-refractivity contribution < 1.29 is 5.11 Å². The van der Waals surface area contributed by atoms with Crippen molar-refractivity contribution in [3.63, 3.8) is 0 Å². The van der Waals surface area contributed by atoms with E-state index in [-0.39, 0.29) is 5.43 Å². The van der Waals surface area contributed by atoms with Gasteiger partial charge in [0.25, 0.3) is 0 Å². The van der Waals surface area contributed by atoms with Crippen molar-refractivity contribution in [1.82, 2.24) is 0 Å². The Balaban J connectivity index is 1.77. The van der Waals surface area contributed by atoms with E-state index < -0.39 is 0 Å². The molecule has 0 saturated heterocycles. The van der Waals surface area contributed by atoms with E-state index in [9.17, 15) is 4.79 Å².